The van der Waals surface area contributed by atoms with E-state index in [4.69, 9.17) is 4.74 Å². The summed E-state index contributed by atoms with van der Waals surface area (Å²) in [5.74, 6) is -0.338. The van der Waals surface area contributed by atoms with Crippen LogP contribution in [0.1, 0.15) is 29.7 Å². The number of rotatable bonds is 7. The second kappa shape index (κ2) is 11.2. The van der Waals surface area contributed by atoms with Crippen molar-refractivity contribution in [2.24, 2.45) is 0 Å². The van der Waals surface area contributed by atoms with Gasteiger partial charge in [0, 0.05) is 38.4 Å². The van der Waals surface area contributed by atoms with Crippen molar-refractivity contribution in [1.82, 2.24) is 20.4 Å². The largest absolute Gasteiger partial charge is 0.463 e. The maximum atomic E-state index is 12.9. The van der Waals surface area contributed by atoms with Gasteiger partial charge in [0.2, 0.25) is 5.91 Å². The average Bonchev–Trinajstić information content (AvgIpc) is 2.86. The summed E-state index contributed by atoms with van der Waals surface area (Å²) in [4.78, 5) is 42.2. The fourth-order valence-electron chi connectivity index (χ4n) is 4.46. The van der Waals surface area contributed by atoms with Gasteiger partial charge in [-0.25, -0.2) is 9.59 Å². The summed E-state index contributed by atoms with van der Waals surface area (Å²) in [6.45, 7) is 6.93. The number of amides is 3. The molecule has 1 saturated heterocycles. The molecule has 2 aromatic rings. The molecule has 1 atom stereocenters. The third kappa shape index (κ3) is 6.08. The van der Waals surface area contributed by atoms with E-state index in [-0.39, 0.29) is 18.5 Å². The molecule has 0 saturated carbocycles. The summed E-state index contributed by atoms with van der Waals surface area (Å²) in [7, 11) is 0. The highest BCUT2D eigenvalue weighted by atomic mass is 16.5. The maximum Gasteiger partial charge on any atom is 0.338 e. The lowest BCUT2D eigenvalue weighted by Crippen LogP contribution is -2.52. The Kier molecular flexibility index (Phi) is 7.82. The van der Waals surface area contributed by atoms with Gasteiger partial charge in [0.05, 0.1) is 24.6 Å². The first-order valence-electron chi connectivity index (χ1n) is 12.0. The molecule has 4 rings (SSSR count). The molecule has 0 spiro atoms. The van der Waals surface area contributed by atoms with Gasteiger partial charge >= 0.3 is 12.0 Å². The lowest BCUT2D eigenvalue weighted by Gasteiger charge is -2.37. The first kappa shape index (κ1) is 24.5. The van der Waals surface area contributed by atoms with Crippen LogP contribution >= 0.6 is 0 Å². The first-order chi connectivity index (χ1) is 16.9. The Labute approximate surface area is 205 Å². The van der Waals surface area contributed by atoms with Crippen LogP contribution in [0.5, 0.6) is 0 Å². The number of nitrogens with one attached hydrogen (secondary N) is 2. The number of carbonyl (C=O) groups excluding carboxylic acids is 3. The number of urea groups is 1. The van der Waals surface area contributed by atoms with E-state index in [0.29, 0.717) is 50.4 Å². The van der Waals surface area contributed by atoms with Gasteiger partial charge in [-0.05, 0) is 25.0 Å². The van der Waals surface area contributed by atoms with Crippen molar-refractivity contribution >= 4 is 17.9 Å². The molecule has 1 unspecified atom stereocenters. The van der Waals surface area contributed by atoms with E-state index >= 15 is 0 Å². The van der Waals surface area contributed by atoms with Gasteiger partial charge in [-0.1, -0.05) is 60.2 Å². The summed E-state index contributed by atoms with van der Waals surface area (Å²) in [5.41, 5.74) is 3.95. The number of hydrogen-bond acceptors (Lipinski definition) is 5. The third-order valence-corrected chi connectivity index (χ3v) is 6.36. The van der Waals surface area contributed by atoms with Crippen molar-refractivity contribution in [3.8, 4) is 0 Å². The highest BCUT2D eigenvalue weighted by molar-refractivity contribution is 5.95. The molecule has 0 aliphatic carbocycles. The molecule has 2 N–H and O–H groups in total. The van der Waals surface area contributed by atoms with Gasteiger partial charge in [0.1, 0.15) is 0 Å². The van der Waals surface area contributed by atoms with E-state index < -0.39 is 12.0 Å². The number of benzene rings is 2. The summed E-state index contributed by atoms with van der Waals surface area (Å²) >= 11 is 0. The molecule has 3 amide bonds. The van der Waals surface area contributed by atoms with Crippen LogP contribution in [-0.4, -0.2) is 67.0 Å². The Bertz CT molecular complexity index is 1090. The van der Waals surface area contributed by atoms with Gasteiger partial charge in [-0.3, -0.25) is 9.69 Å². The monoisotopic (exact) mass is 476 g/mol. The standard InChI is InChI=1S/C27H32N4O4/c1-3-35-26(33)24-22(28-27(34)29-25(24)21-7-5-4-6-8-21)18-30-13-15-31(16-14-30)23(32)17-20-11-9-19(2)10-12-20/h4-12,25H,3,13-18H2,1-2H3,(H2,28,29,34). The van der Waals surface area contributed by atoms with Crippen molar-refractivity contribution in [2.75, 3.05) is 39.3 Å². The minimum atomic E-state index is -0.587. The smallest absolute Gasteiger partial charge is 0.338 e. The molecule has 2 aliphatic rings. The molecule has 8 nitrogen and oxygen atoms in total. The molecule has 184 valence electrons. The van der Waals surface area contributed by atoms with E-state index in [1.54, 1.807) is 6.92 Å². The summed E-state index contributed by atoms with van der Waals surface area (Å²) in [6.07, 6.45) is 0.388. The molecule has 0 aromatic heterocycles. The van der Waals surface area contributed by atoms with Crippen LogP contribution in [0.4, 0.5) is 4.79 Å². The zero-order valence-corrected chi connectivity index (χ0v) is 20.3. The van der Waals surface area contributed by atoms with Crippen molar-refractivity contribution in [2.45, 2.75) is 26.3 Å². The zero-order valence-electron chi connectivity index (χ0n) is 20.3. The molecule has 35 heavy (non-hydrogen) atoms. The fourth-order valence-corrected chi connectivity index (χ4v) is 4.46. The lowest BCUT2D eigenvalue weighted by molar-refractivity contribution is -0.139. The first-order valence-corrected chi connectivity index (χ1v) is 12.0. The molecule has 2 heterocycles. The Morgan fingerprint density at radius 2 is 1.69 bits per heavy atom. The van der Waals surface area contributed by atoms with Crippen LogP contribution in [0.2, 0.25) is 0 Å². The summed E-state index contributed by atoms with van der Waals surface area (Å²) < 4.78 is 5.34. The number of aryl methyl sites for hydroxylation is 1. The van der Waals surface area contributed by atoms with Crippen molar-refractivity contribution in [3.05, 3.63) is 82.6 Å². The normalized spacial score (nSPS) is 18.6. The Morgan fingerprint density at radius 1 is 1.00 bits per heavy atom. The van der Waals surface area contributed by atoms with E-state index in [1.165, 1.54) is 5.56 Å². The Hall–Kier alpha value is -3.65. The highest BCUT2D eigenvalue weighted by Gasteiger charge is 2.34. The number of nitrogens with zero attached hydrogens (tertiary/aromatic N) is 2. The van der Waals surface area contributed by atoms with Gasteiger partial charge in [-0.15, -0.1) is 0 Å². The minimum absolute atomic E-state index is 0.110. The van der Waals surface area contributed by atoms with Gasteiger partial charge in [0.25, 0.3) is 0 Å². The van der Waals surface area contributed by atoms with Crippen molar-refractivity contribution < 1.29 is 19.1 Å². The second-order valence-electron chi connectivity index (χ2n) is 8.87. The Morgan fingerprint density at radius 3 is 2.34 bits per heavy atom. The average molecular weight is 477 g/mol. The maximum absolute atomic E-state index is 12.9. The Balaban J connectivity index is 1.45. The van der Waals surface area contributed by atoms with Crippen molar-refractivity contribution in [3.63, 3.8) is 0 Å². The molecular weight excluding hydrogens is 444 g/mol. The van der Waals surface area contributed by atoms with Crippen LogP contribution in [-0.2, 0) is 20.7 Å². The minimum Gasteiger partial charge on any atom is -0.463 e. The molecule has 0 radical (unpaired) electrons. The van der Waals surface area contributed by atoms with Crippen LogP contribution in [0.25, 0.3) is 0 Å². The fraction of sp³-hybridized carbons (Fsp3) is 0.370. The molecule has 2 aromatic carbocycles. The van der Waals surface area contributed by atoms with Gasteiger partial charge < -0.3 is 20.3 Å². The topological polar surface area (TPSA) is 91.0 Å². The number of esters is 1. The van der Waals surface area contributed by atoms with Gasteiger partial charge in [-0.2, -0.15) is 0 Å². The van der Waals surface area contributed by atoms with E-state index in [1.807, 2.05) is 66.4 Å². The molecular formula is C27H32N4O4. The van der Waals surface area contributed by atoms with E-state index in [9.17, 15) is 14.4 Å². The number of piperazine rings is 1. The number of hydrogen-bond donors (Lipinski definition) is 2. The highest BCUT2D eigenvalue weighted by Crippen LogP contribution is 2.28. The van der Waals surface area contributed by atoms with Crippen LogP contribution in [0.15, 0.2) is 65.9 Å². The molecule has 8 heteroatoms. The van der Waals surface area contributed by atoms with E-state index in [0.717, 1.165) is 11.1 Å². The second-order valence-corrected chi connectivity index (χ2v) is 8.87. The molecule has 0 bridgehead atoms. The predicted molar refractivity (Wildman–Crippen MR) is 132 cm³/mol. The number of carbonyl (C=O) groups is 3. The molecule has 1 fully saturated rings. The van der Waals surface area contributed by atoms with E-state index in [2.05, 4.69) is 15.5 Å². The summed E-state index contributed by atoms with van der Waals surface area (Å²) in [5, 5.41) is 5.69. The summed E-state index contributed by atoms with van der Waals surface area (Å²) in [6, 6.07) is 16.5. The third-order valence-electron chi connectivity index (χ3n) is 6.36. The predicted octanol–water partition coefficient (Wildman–Crippen LogP) is 2.55. The van der Waals surface area contributed by atoms with Crippen LogP contribution in [0.3, 0.4) is 0 Å². The van der Waals surface area contributed by atoms with Crippen LogP contribution in [0, 0.1) is 6.92 Å². The van der Waals surface area contributed by atoms with Crippen molar-refractivity contribution in [1.29, 1.82) is 0 Å². The lowest BCUT2D eigenvalue weighted by atomic mass is 9.95. The van der Waals surface area contributed by atoms with Gasteiger partial charge in [0.15, 0.2) is 0 Å². The zero-order chi connectivity index (χ0) is 24.8. The van der Waals surface area contributed by atoms with Crippen LogP contribution < -0.4 is 10.6 Å². The molecule has 2 aliphatic heterocycles. The SMILES string of the molecule is CCOC(=O)C1=C(CN2CCN(C(=O)Cc3ccc(C)cc3)CC2)NC(=O)NC1c1ccccc1. The quantitative estimate of drug-likeness (QED) is 0.600. The number of ether oxygens (including phenoxy) is 1.